The topological polar surface area (TPSA) is 45.7 Å². The van der Waals surface area contributed by atoms with Crippen LogP contribution in [-0.4, -0.2) is 26.2 Å². The average molecular weight is 325 g/mol. The quantitative estimate of drug-likeness (QED) is 0.604. The molecule has 0 bridgehead atoms. The van der Waals surface area contributed by atoms with Crippen LogP contribution >= 0.6 is 0 Å². The monoisotopic (exact) mass is 325 g/mol. The third kappa shape index (κ3) is 5.30. The Morgan fingerprint density at radius 3 is 2.46 bits per heavy atom. The van der Waals surface area contributed by atoms with Gasteiger partial charge in [-0.25, -0.2) is 4.99 Å². The molecule has 24 heavy (non-hydrogen) atoms. The van der Waals surface area contributed by atoms with Gasteiger partial charge in [-0.3, -0.25) is 0 Å². The maximum Gasteiger partial charge on any atom is 0.191 e. The molecule has 0 saturated carbocycles. The maximum absolute atomic E-state index is 5.45. The van der Waals surface area contributed by atoms with Crippen molar-refractivity contribution in [1.29, 1.82) is 0 Å². The smallest absolute Gasteiger partial charge is 0.191 e. The van der Waals surface area contributed by atoms with E-state index in [4.69, 9.17) is 4.74 Å². The summed E-state index contributed by atoms with van der Waals surface area (Å²) < 4.78 is 5.45. The summed E-state index contributed by atoms with van der Waals surface area (Å²) in [4.78, 5) is 4.66. The zero-order valence-corrected chi connectivity index (χ0v) is 14.8. The van der Waals surface area contributed by atoms with E-state index in [0.29, 0.717) is 12.5 Å². The van der Waals surface area contributed by atoms with Gasteiger partial charge >= 0.3 is 0 Å². The Morgan fingerprint density at radius 1 is 1.04 bits per heavy atom. The molecule has 0 aliphatic heterocycles. The van der Waals surface area contributed by atoms with Gasteiger partial charge in [0.25, 0.3) is 0 Å². The fraction of sp³-hybridized carbons (Fsp3) is 0.350. The molecule has 0 spiro atoms. The largest absolute Gasteiger partial charge is 0.496 e. The second kappa shape index (κ2) is 9.60. The van der Waals surface area contributed by atoms with Crippen molar-refractivity contribution in [2.75, 3.05) is 20.2 Å². The van der Waals surface area contributed by atoms with Crippen molar-refractivity contribution in [3.8, 4) is 5.75 Å². The highest BCUT2D eigenvalue weighted by atomic mass is 16.5. The van der Waals surface area contributed by atoms with Gasteiger partial charge in [-0.15, -0.1) is 0 Å². The minimum Gasteiger partial charge on any atom is -0.496 e. The first-order chi connectivity index (χ1) is 11.7. The molecule has 2 N–H and O–H groups in total. The maximum atomic E-state index is 5.45. The van der Waals surface area contributed by atoms with E-state index in [1.165, 1.54) is 11.1 Å². The zero-order valence-electron chi connectivity index (χ0n) is 14.8. The van der Waals surface area contributed by atoms with Crippen LogP contribution in [0.15, 0.2) is 59.6 Å². The van der Waals surface area contributed by atoms with Crippen LogP contribution in [0.1, 0.15) is 30.9 Å². The SMILES string of the molecule is CCNC(=NCc1ccccc1)NCC(C)c1ccccc1OC. The number of hydrogen-bond donors (Lipinski definition) is 2. The summed E-state index contributed by atoms with van der Waals surface area (Å²) in [5, 5.41) is 6.72. The first kappa shape index (κ1) is 17.9. The fourth-order valence-electron chi connectivity index (χ4n) is 2.53. The van der Waals surface area contributed by atoms with Crippen LogP contribution in [0, 0.1) is 0 Å². The number of nitrogens with one attached hydrogen (secondary N) is 2. The van der Waals surface area contributed by atoms with Gasteiger partial charge in [0.1, 0.15) is 5.75 Å². The number of guanidine groups is 1. The number of para-hydroxylation sites is 1. The van der Waals surface area contributed by atoms with E-state index in [2.05, 4.69) is 47.7 Å². The predicted molar refractivity (Wildman–Crippen MR) is 101 cm³/mol. The van der Waals surface area contributed by atoms with Gasteiger partial charge in [0.2, 0.25) is 0 Å². The van der Waals surface area contributed by atoms with Gasteiger partial charge in [-0.2, -0.15) is 0 Å². The van der Waals surface area contributed by atoms with Crippen LogP contribution in [0.3, 0.4) is 0 Å². The summed E-state index contributed by atoms with van der Waals surface area (Å²) in [6, 6.07) is 18.4. The Kier molecular flexibility index (Phi) is 7.15. The predicted octanol–water partition coefficient (Wildman–Crippen LogP) is 3.55. The summed E-state index contributed by atoms with van der Waals surface area (Å²) in [7, 11) is 1.71. The van der Waals surface area contributed by atoms with Crippen LogP contribution in [0.5, 0.6) is 5.75 Å². The van der Waals surface area contributed by atoms with Crippen molar-refractivity contribution in [3.05, 3.63) is 65.7 Å². The molecule has 0 aliphatic rings. The van der Waals surface area contributed by atoms with Gasteiger partial charge in [-0.05, 0) is 24.1 Å². The Hall–Kier alpha value is -2.49. The van der Waals surface area contributed by atoms with E-state index in [0.717, 1.165) is 24.8 Å². The molecule has 0 amide bonds. The third-order valence-electron chi connectivity index (χ3n) is 3.85. The summed E-state index contributed by atoms with van der Waals surface area (Å²) in [6.07, 6.45) is 0. The minimum absolute atomic E-state index is 0.321. The summed E-state index contributed by atoms with van der Waals surface area (Å²) in [6.45, 7) is 6.55. The number of ether oxygens (including phenoxy) is 1. The number of nitrogens with zero attached hydrogens (tertiary/aromatic N) is 1. The van der Waals surface area contributed by atoms with Crippen molar-refractivity contribution < 1.29 is 4.74 Å². The Balaban J connectivity index is 1.97. The van der Waals surface area contributed by atoms with Gasteiger partial charge in [0.05, 0.1) is 13.7 Å². The Morgan fingerprint density at radius 2 is 1.75 bits per heavy atom. The van der Waals surface area contributed by atoms with Crippen LogP contribution in [-0.2, 0) is 6.54 Å². The molecular formula is C20H27N3O. The minimum atomic E-state index is 0.321. The van der Waals surface area contributed by atoms with Crippen molar-refractivity contribution in [2.24, 2.45) is 4.99 Å². The molecule has 0 aliphatic carbocycles. The molecular weight excluding hydrogens is 298 g/mol. The molecule has 0 saturated heterocycles. The number of hydrogen-bond acceptors (Lipinski definition) is 2. The molecule has 128 valence electrons. The molecule has 2 rings (SSSR count). The lowest BCUT2D eigenvalue weighted by Gasteiger charge is -2.18. The number of aliphatic imine (C=N–C) groups is 1. The zero-order chi connectivity index (χ0) is 17.2. The lowest BCUT2D eigenvalue weighted by atomic mass is 10.0. The first-order valence-electron chi connectivity index (χ1n) is 8.43. The van der Waals surface area contributed by atoms with E-state index < -0.39 is 0 Å². The van der Waals surface area contributed by atoms with Crippen molar-refractivity contribution in [2.45, 2.75) is 26.3 Å². The fourth-order valence-corrected chi connectivity index (χ4v) is 2.53. The van der Waals surface area contributed by atoms with Gasteiger partial charge in [0, 0.05) is 19.0 Å². The summed E-state index contributed by atoms with van der Waals surface area (Å²) in [5.74, 6) is 2.09. The number of methoxy groups -OCH3 is 1. The standard InChI is InChI=1S/C20H27N3O/c1-4-21-20(23-15-17-10-6-5-7-11-17)22-14-16(2)18-12-8-9-13-19(18)24-3/h5-13,16H,4,14-15H2,1-3H3,(H2,21,22,23). The van der Waals surface area contributed by atoms with Crippen LogP contribution in [0.25, 0.3) is 0 Å². The lowest BCUT2D eigenvalue weighted by Crippen LogP contribution is -2.39. The summed E-state index contributed by atoms with van der Waals surface area (Å²) in [5.41, 5.74) is 2.40. The average Bonchev–Trinajstić information content (AvgIpc) is 2.64. The molecule has 1 atom stereocenters. The van der Waals surface area contributed by atoms with E-state index in [9.17, 15) is 0 Å². The molecule has 1 unspecified atom stereocenters. The van der Waals surface area contributed by atoms with E-state index >= 15 is 0 Å². The van der Waals surface area contributed by atoms with Crippen LogP contribution in [0.4, 0.5) is 0 Å². The molecule has 2 aromatic rings. The number of benzene rings is 2. The van der Waals surface area contributed by atoms with E-state index in [1.54, 1.807) is 7.11 Å². The van der Waals surface area contributed by atoms with Crippen molar-refractivity contribution in [1.82, 2.24) is 10.6 Å². The highest BCUT2D eigenvalue weighted by Gasteiger charge is 2.11. The third-order valence-corrected chi connectivity index (χ3v) is 3.85. The Bertz CT molecular complexity index is 640. The molecule has 0 heterocycles. The van der Waals surface area contributed by atoms with Crippen molar-refractivity contribution in [3.63, 3.8) is 0 Å². The molecule has 4 heteroatoms. The normalized spacial score (nSPS) is 12.5. The van der Waals surface area contributed by atoms with Gasteiger partial charge in [-0.1, -0.05) is 55.5 Å². The van der Waals surface area contributed by atoms with Gasteiger partial charge in [0.15, 0.2) is 5.96 Å². The number of rotatable bonds is 7. The molecule has 2 aromatic carbocycles. The second-order valence-electron chi connectivity index (χ2n) is 5.70. The lowest BCUT2D eigenvalue weighted by molar-refractivity contribution is 0.406. The Labute approximate surface area is 145 Å². The first-order valence-corrected chi connectivity index (χ1v) is 8.43. The molecule has 4 nitrogen and oxygen atoms in total. The highest BCUT2D eigenvalue weighted by Crippen LogP contribution is 2.25. The van der Waals surface area contributed by atoms with Crippen LogP contribution in [0.2, 0.25) is 0 Å². The van der Waals surface area contributed by atoms with Crippen LogP contribution < -0.4 is 15.4 Å². The molecule has 0 aromatic heterocycles. The van der Waals surface area contributed by atoms with Gasteiger partial charge < -0.3 is 15.4 Å². The van der Waals surface area contributed by atoms with E-state index in [-0.39, 0.29) is 0 Å². The van der Waals surface area contributed by atoms with E-state index in [1.807, 2.05) is 36.4 Å². The highest BCUT2D eigenvalue weighted by molar-refractivity contribution is 5.79. The summed E-state index contributed by atoms with van der Waals surface area (Å²) >= 11 is 0. The molecule has 0 fully saturated rings. The molecule has 0 radical (unpaired) electrons. The second-order valence-corrected chi connectivity index (χ2v) is 5.70. The van der Waals surface area contributed by atoms with Crippen molar-refractivity contribution >= 4 is 5.96 Å².